The normalized spacial score (nSPS) is 16.5. The molecular formula is C16H18N2O3. The Balaban J connectivity index is 1.88. The quantitative estimate of drug-likeness (QED) is 0.865. The number of nitrogens with zero attached hydrogens (tertiary/aromatic N) is 2. The molecule has 0 saturated heterocycles. The van der Waals surface area contributed by atoms with Gasteiger partial charge in [-0.1, -0.05) is 12.1 Å². The van der Waals surface area contributed by atoms with Crippen LogP contribution in [0.5, 0.6) is 0 Å². The van der Waals surface area contributed by atoms with Crippen molar-refractivity contribution < 1.29 is 14.7 Å². The lowest BCUT2D eigenvalue weighted by Gasteiger charge is -2.27. The number of hydrogen-bond acceptors (Lipinski definition) is 2. The zero-order valence-electron chi connectivity index (χ0n) is 11.8. The van der Waals surface area contributed by atoms with Gasteiger partial charge in [0.1, 0.15) is 0 Å². The first-order valence-corrected chi connectivity index (χ1v) is 7.17. The van der Waals surface area contributed by atoms with E-state index in [4.69, 9.17) is 5.11 Å². The number of carboxylic acid groups (broad SMARTS) is 1. The summed E-state index contributed by atoms with van der Waals surface area (Å²) in [6.07, 6.45) is 4.58. The molecule has 1 N–H and O–H groups in total. The zero-order chi connectivity index (χ0) is 15.0. The summed E-state index contributed by atoms with van der Waals surface area (Å²) in [5.41, 5.74) is 1.98. The van der Waals surface area contributed by atoms with Crippen LogP contribution in [-0.4, -0.2) is 41.1 Å². The highest BCUT2D eigenvalue weighted by Crippen LogP contribution is 2.33. The van der Waals surface area contributed by atoms with Crippen molar-refractivity contribution in [2.45, 2.75) is 25.3 Å². The van der Waals surface area contributed by atoms with Crippen molar-refractivity contribution in [2.75, 3.05) is 18.0 Å². The summed E-state index contributed by atoms with van der Waals surface area (Å²) in [6, 6.07) is 5.26. The minimum absolute atomic E-state index is 0.0429. The van der Waals surface area contributed by atoms with Gasteiger partial charge in [-0.3, -0.25) is 4.90 Å². The van der Waals surface area contributed by atoms with Crippen LogP contribution in [0.3, 0.4) is 0 Å². The van der Waals surface area contributed by atoms with Gasteiger partial charge >= 0.3 is 12.0 Å². The summed E-state index contributed by atoms with van der Waals surface area (Å²) in [5.74, 6) is -0.970. The van der Waals surface area contributed by atoms with Gasteiger partial charge in [-0.05, 0) is 37.0 Å². The topological polar surface area (TPSA) is 60.9 Å². The number of aromatic carboxylic acids is 1. The van der Waals surface area contributed by atoms with E-state index in [9.17, 15) is 9.59 Å². The second-order valence-electron chi connectivity index (χ2n) is 5.51. The van der Waals surface area contributed by atoms with Gasteiger partial charge < -0.3 is 10.0 Å². The number of anilines is 1. The number of carbonyl (C=O) groups excluding carboxylic acids is 1. The molecule has 0 atom stereocenters. The first-order chi connectivity index (χ1) is 10.1. The van der Waals surface area contributed by atoms with E-state index in [1.54, 1.807) is 29.2 Å². The largest absolute Gasteiger partial charge is 0.478 e. The fourth-order valence-corrected chi connectivity index (χ4v) is 2.77. The number of fused-ring (bicyclic) bond motifs is 1. The Morgan fingerprint density at radius 1 is 1.43 bits per heavy atom. The predicted octanol–water partition coefficient (Wildman–Crippen LogP) is 2.52. The summed E-state index contributed by atoms with van der Waals surface area (Å²) in [4.78, 5) is 27.3. The van der Waals surface area contributed by atoms with Crippen molar-refractivity contribution in [3.63, 3.8) is 0 Å². The molecule has 0 radical (unpaired) electrons. The Morgan fingerprint density at radius 2 is 2.19 bits per heavy atom. The monoisotopic (exact) mass is 286 g/mol. The van der Waals surface area contributed by atoms with E-state index in [0.717, 1.165) is 30.5 Å². The summed E-state index contributed by atoms with van der Waals surface area (Å²) < 4.78 is 0. The summed E-state index contributed by atoms with van der Waals surface area (Å²) >= 11 is 0. The molecule has 0 unspecified atom stereocenters. The third-order valence-corrected chi connectivity index (χ3v) is 4.02. The van der Waals surface area contributed by atoms with E-state index in [1.807, 2.05) is 4.90 Å². The molecule has 21 heavy (non-hydrogen) atoms. The Bertz CT molecular complexity index is 608. The molecule has 1 aromatic carbocycles. The molecule has 1 aliphatic heterocycles. The van der Waals surface area contributed by atoms with Gasteiger partial charge in [0, 0.05) is 24.8 Å². The molecule has 0 aromatic heterocycles. The van der Waals surface area contributed by atoms with E-state index in [2.05, 4.69) is 6.58 Å². The zero-order valence-corrected chi connectivity index (χ0v) is 11.8. The molecule has 1 fully saturated rings. The van der Waals surface area contributed by atoms with Crippen LogP contribution in [-0.2, 0) is 6.42 Å². The average Bonchev–Trinajstić information content (AvgIpc) is 3.22. The minimum Gasteiger partial charge on any atom is -0.478 e. The summed E-state index contributed by atoms with van der Waals surface area (Å²) in [7, 11) is 0. The van der Waals surface area contributed by atoms with Crippen molar-refractivity contribution >= 4 is 17.7 Å². The molecule has 1 heterocycles. The molecule has 3 rings (SSSR count). The first kappa shape index (κ1) is 13.7. The van der Waals surface area contributed by atoms with E-state index in [1.165, 1.54) is 0 Å². The number of benzene rings is 1. The van der Waals surface area contributed by atoms with Crippen LogP contribution < -0.4 is 4.90 Å². The van der Waals surface area contributed by atoms with Gasteiger partial charge in [0.15, 0.2) is 0 Å². The van der Waals surface area contributed by atoms with Crippen molar-refractivity contribution in [3.8, 4) is 0 Å². The lowest BCUT2D eigenvalue weighted by molar-refractivity contribution is 0.0697. The fourth-order valence-electron chi connectivity index (χ4n) is 2.77. The van der Waals surface area contributed by atoms with Crippen molar-refractivity contribution in [3.05, 3.63) is 42.0 Å². The fraction of sp³-hybridized carbons (Fsp3) is 0.375. The van der Waals surface area contributed by atoms with Crippen LogP contribution in [0, 0.1) is 0 Å². The molecule has 1 aromatic rings. The third-order valence-electron chi connectivity index (χ3n) is 4.02. The number of amides is 2. The maximum atomic E-state index is 12.7. The SMILES string of the molecule is C=CCN(C(=O)N1CCc2ccc(C(=O)O)cc21)C1CC1. The number of urea groups is 1. The van der Waals surface area contributed by atoms with Crippen molar-refractivity contribution in [1.29, 1.82) is 0 Å². The van der Waals surface area contributed by atoms with Gasteiger partial charge in [0.25, 0.3) is 0 Å². The maximum absolute atomic E-state index is 12.7. The standard InChI is InChI=1S/C16H18N2O3/c1-2-8-17(13-5-6-13)16(21)18-9-7-11-3-4-12(15(19)20)10-14(11)18/h2-4,10,13H,1,5-9H2,(H,19,20). The molecule has 1 aliphatic carbocycles. The highest BCUT2D eigenvalue weighted by Gasteiger charge is 2.36. The number of carbonyl (C=O) groups is 2. The van der Waals surface area contributed by atoms with Crippen molar-refractivity contribution in [1.82, 2.24) is 4.90 Å². The lowest BCUT2D eigenvalue weighted by Crippen LogP contribution is -2.43. The highest BCUT2D eigenvalue weighted by molar-refractivity contribution is 5.97. The van der Waals surface area contributed by atoms with Gasteiger partial charge in [-0.2, -0.15) is 0 Å². The lowest BCUT2D eigenvalue weighted by atomic mass is 10.1. The molecule has 2 aliphatic rings. The van der Waals surface area contributed by atoms with E-state index in [-0.39, 0.29) is 11.6 Å². The van der Waals surface area contributed by atoms with Crippen LogP contribution in [0.4, 0.5) is 10.5 Å². The van der Waals surface area contributed by atoms with Gasteiger partial charge in [-0.25, -0.2) is 9.59 Å². The Morgan fingerprint density at radius 3 is 2.81 bits per heavy atom. The molecule has 0 bridgehead atoms. The van der Waals surface area contributed by atoms with Gasteiger partial charge in [-0.15, -0.1) is 6.58 Å². The first-order valence-electron chi connectivity index (χ1n) is 7.17. The van der Waals surface area contributed by atoms with Crippen LogP contribution >= 0.6 is 0 Å². The molecule has 5 nitrogen and oxygen atoms in total. The summed E-state index contributed by atoms with van der Waals surface area (Å²) in [5, 5.41) is 9.11. The second kappa shape index (κ2) is 5.24. The second-order valence-corrected chi connectivity index (χ2v) is 5.51. The third kappa shape index (κ3) is 2.51. The molecule has 1 saturated carbocycles. The highest BCUT2D eigenvalue weighted by atomic mass is 16.4. The molecule has 2 amide bonds. The maximum Gasteiger partial charge on any atom is 0.335 e. The van der Waals surface area contributed by atoms with Crippen LogP contribution in [0.15, 0.2) is 30.9 Å². The smallest absolute Gasteiger partial charge is 0.335 e. The molecular weight excluding hydrogens is 268 g/mol. The molecule has 110 valence electrons. The molecule has 5 heteroatoms. The summed E-state index contributed by atoms with van der Waals surface area (Å²) in [6.45, 7) is 4.86. The van der Waals surface area contributed by atoms with Crippen LogP contribution in [0.2, 0.25) is 0 Å². The average molecular weight is 286 g/mol. The van der Waals surface area contributed by atoms with E-state index >= 15 is 0 Å². The van der Waals surface area contributed by atoms with E-state index < -0.39 is 5.97 Å². The van der Waals surface area contributed by atoms with Crippen molar-refractivity contribution in [2.24, 2.45) is 0 Å². The van der Waals surface area contributed by atoms with E-state index in [0.29, 0.717) is 19.1 Å². The Labute approximate surface area is 123 Å². The van der Waals surface area contributed by atoms with Crippen LogP contribution in [0.25, 0.3) is 0 Å². The van der Waals surface area contributed by atoms with Gasteiger partial charge in [0.05, 0.1) is 5.56 Å². The predicted molar refractivity (Wildman–Crippen MR) is 79.8 cm³/mol. The van der Waals surface area contributed by atoms with Crippen LogP contribution in [0.1, 0.15) is 28.8 Å². The van der Waals surface area contributed by atoms with Gasteiger partial charge in [0.2, 0.25) is 0 Å². The number of carboxylic acids is 1. The Hall–Kier alpha value is -2.30. The number of rotatable bonds is 4. The number of hydrogen-bond donors (Lipinski definition) is 1. The Kier molecular flexibility index (Phi) is 3.41. The minimum atomic E-state index is -0.970. The molecule has 0 spiro atoms.